The molecule has 0 aliphatic carbocycles. The molecule has 2 amide bonds. The summed E-state index contributed by atoms with van der Waals surface area (Å²) in [6.07, 6.45) is 5.69. The SMILES string of the molecule is O=C(O)c1ccc(Sc2ccc(CN3CCC(N4C(=O)N(C5CCOCC5)CC4c4ccccc4)CC3)cn2)cc1. The predicted molar refractivity (Wildman–Crippen MR) is 157 cm³/mol. The van der Waals surface area contributed by atoms with Crippen LogP contribution in [0.5, 0.6) is 0 Å². The molecule has 3 aliphatic rings. The largest absolute Gasteiger partial charge is 0.478 e. The van der Waals surface area contributed by atoms with Gasteiger partial charge in [0.2, 0.25) is 0 Å². The van der Waals surface area contributed by atoms with Crippen molar-refractivity contribution in [1.82, 2.24) is 19.7 Å². The fraction of sp³-hybridized carbons (Fsp3) is 0.406. The van der Waals surface area contributed by atoms with Crippen LogP contribution in [0.1, 0.15) is 53.2 Å². The fourth-order valence-corrected chi connectivity index (χ4v) is 7.01. The van der Waals surface area contributed by atoms with Crippen LogP contribution in [-0.2, 0) is 11.3 Å². The molecule has 0 radical (unpaired) electrons. The number of carbonyl (C=O) groups is 2. The molecule has 41 heavy (non-hydrogen) atoms. The molecule has 0 bridgehead atoms. The van der Waals surface area contributed by atoms with Gasteiger partial charge in [0.1, 0.15) is 5.03 Å². The van der Waals surface area contributed by atoms with Gasteiger partial charge in [0.15, 0.2) is 0 Å². The number of piperidine rings is 1. The number of rotatable bonds is 8. The van der Waals surface area contributed by atoms with E-state index in [4.69, 9.17) is 9.84 Å². The van der Waals surface area contributed by atoms with Crippen molar-refractivity contribution in [2.45, 2.75) is 60.3 Å². The second-order valence-electron chi connectivity index (χ2n) is 11.1. The highest BCUT2D eigenvalue weighted by atomic mass is 32.2. The zero-order valence-corrected chi connectivity index (χ0v) is 23.9. The van der Waals surface area contributed by atoms with E-state index in [2.05, 4.69) is 50.0 Å². The fourth-order valence-electron chi connectivity index (χ4n) is 6.25. The summed E-state index contributed by atoms with van der Waals surface area (Å²) < 4.78 is 5.57. The lowest BCUT2D eigenvalue weighted by molar-refractivity contribution is 0.0493. The minimum atomic E-state index is -0.923. The third kappa shape index (κ3) is 6.42. The van der Waals surface area contributed by atoms with E-state index in [-0.39, 0.29) is 29.7 Å². The van der Waals surface area contributed by atoms with Gasteiger partial charge in [0.05, 0.1) is 11.6 Å². The number of hydrogen-bond donors (Lipinski definition) is 1. The normalized spacial score (nSPS) is 21.0. The number of carbonyl (C=O) groups excluding carboxylic acids is 1. The van der Waals surface area contributed by atoms with Gasteiger partial charge < -0.3 is 19.6 Å². The van der Waals surface area contributed by atoms with E-state index in [1.165, 1.54) is 22.9 Å². The number of carboxylic acid groups (broad SMARTS) is 1. The Morgan fingerprint density at radius 2 is 1.66 bits per heavy atom. The van der Waals surface area contributed by atoms with Crippen molar-refractivity contribution in [1.29, 1.82) is 0 Å². The molecule has 6 rings (SSSR count). The minimum Gasteiger partial charge on any atom is -0.478 e. The van der Waals surface area contributed by atoms with Crippen molar-refractivity contribution in [2.24, 2.45) is 0 Å². The average molecular weight is 573 g/mol. The first-order valence-electron chi connectivity index (χ1n) is 14.5. The van der Waals surface area contributed by atoms with E-state index in [1.54, 1.807) is 12.1 Å². The monoisotopic (exact) mass is 572 g/mol. The number of pyridine rings is 1. The summed E-state index contributed by atoms with van der Waals surface area (Å²) in [5, 5.41) is 9.96. The van der Waals surface area contributed by atoms with Gasteiger partial charge in [0.25, 0.3) is 0 Å². The van der Waals surface area contributed by atoms with Crippen molar-refractivity contribution in [3.8, 4) is 0 Å². The van der Waals surface area contributed by atoms with Crippen LogP contribution in [0.15, 0.2) is 82.8 Å². The highest BCUT2D eigenvalue weighted by molar-refractivity contribution is 7.99. The molecular formula is C32H36N4O4S. The summed E-state index contributed by atoms with van der Waals surface area (Å²) in [6.45, 7) is 4.95. The van der Waals surface area contributed by atoms with Crippen molar-refractivity contribution in [3.05, 3.63) is 89.6 Å². The summed E-state index contributed by atoms with van der Waals surface area (Å²) >= 11 is 1.52. The molecule has 3 fully saturated rings. The van der Waals surface area contributed by atoms with Gasteiger partial charge in [-0.25, -0.2) is 14.6 Å². The maximum Gasteiger partial charge on any atom is 0.335 e. The number of nitrogens with zero attached hydrogens (tertiary/aromatic N) is 4. The van der Waals surface area contributed by atoms with E-state index in [1.807, 2.05) is 30.5 Å². The molecule has 214 valence electrons. The maximum absolute atomic E-state index is 13.8. The molecule has 1 N–H and O–H groups in total. The summed E-state index contributed by atoms with van der Waals surface area (Å²) in [6, 6.07) is 22.3. The second-order valence-corrected chi connectivity index (χ2v) is 12.1. The maximum atomic E-state index is 13.8. The van der Waals surface area contributed by atoms with E-state index in [0.29, 0.717) is 0 Å². The molecule has 2 aromatic carbocycles. The van der Waals surface area contributed by atoms with Gasteiger partial charge >= 0.3 is 12.0 Å². The molecular weight excluding hydrogens is 536 g/mol. The topological polar surface area (TPSA) is 86.2 Å². The third-order valence-corrected chi connectivity index (χ3v) is 9.42. The Balaban J connectivity index is 1.06. The number of benzene rings is 2. The molecule has 0 spiro atoms. The number of likely N-dealkylation sites (tertiary alicyclic amines) is 1. The predicted octanol–water partition coefficient (Wildman–Crippen LogP) is 5.55. The lowest BCUT2D eigenvalue weighted by atomic mass is 9.99. The first-order chi connectivity index (χ1) is 20.0. The first kappa shape index (κ1) is 27.8. The van der Waals surface area contributed by atoms with Crippen LogP contribution in [0.2, 0.25) is 0 Å². The van der Waals surface area contributed by atoms with Crippen LogP contribution in [-0.4, -0.2) is 81.7 Å². The Morgan fingerprint density at radius 1 is 0.927 bits per heavy atom. The number of aromatic nitrogens is 1. The quantitative estimate of drug-likeness (QED) is 0.379. The lowest BCUT2D eigenvalue weighted by Gasteiger charge is -2.39. The van der Waals surface area contributed by atoms with Gasteiger partial charge in [-0.3, -0.25) is 4.90 Å². The van der Waals surface area contributed by atoms with Crippen molar-refractivity contribution >= 4 is 23.8 Å². The van der Waals surface area contributed by atoms with Gasteiger partial charge in [-0.2, -0.15) is 0 Å². The summed E-state index contributed by atoms with van der Waals surface area (Å²) in [4.78, 5) is 37.3. The number of hydrogen-bond acceptors (Lipinski definition) is 6. The molecule has 3 saturated heterocycles. The van der Waals surface area contributed by atoms with Crippen LogP contribution in [0.3, 0.4) is 0 Å². The van der Waals surface area contributed by atoms with Gasteiger partial charge in [-0.05, 0) is 67.1 Å². The molecule has 1 aromatic heterocycles. The third-order valence-electron chi connectivity index (χ3n) is 8.47. The zero-order chi connectivity index (χ0) is 28.2. The molecule has 4 heterocycles. The van der Waals surface area contributed by atoms with Crippen LogP contribution < -0.4 is 0 Å². The second kappa shape index (κ2) is 12.6. The van der Waals surface area contributed by atoms with E-state index in [9.17, 15) is 9.59 Å². The van der Waals surface area contributed by atoms with Crippen molar-refractivity contribution < 1.29 is 19.4 Å². The summed E-state index contributed by atoms with van der Waals surface area (Å²) in [7, 11) is 0. The number of urea groups is 1. The van der Waals surface area contributed by atoms with Crippen molar-refractivity contribution in [2.75, 3.05) is 32.8 Å². The van der Waals surface area contributed by atoms with Crippen LogP contribution >= 0.6 is 11.8 Å². The number of ether oxygens (including phenoxy) is 1. The minimum absolute atomic E-state index is 0.0951. The van der Waals surface area contributed by atoms with Gasteiger partial charge in [-0.15, -0.1) is 0 Å². The standard InChI is InChI=1S/C32H36N4O4S/c37-31(38)25-7-9-28(10-8-25)41-30-11-6-23(20-33-30)21-34-16-12-27(13-17-34)36-29(24-4-2-1-3-5-24)22-35(32(36)39)26-14-18-40-19-15-26/h1-11,20,26-27,29H,12-19,21-22H2,(H,37,38). The zero-order valence-electron chi connectivity index (χ0n) is 23.1. The van der Waals surface area contributed by atoms with Crippen LogP contribution in [0.25, 0.3) is 0 Å². The van der Waals surface area contributed by atoms with Crippen LogP contribution in [0.4, 0.5) is 4.79 Å². The Labute approximate surface area is 245 Å². The van der Waals surface area contributed by atoms with E-state index in [0.717, 1.165) is 75.0 Å². The average Bonchev–Trinajstić information content (AvgIpc) is 3.36. The molecule has 3 aliphatic heterocycles. The highest BCUT2D eigenvalue weighted by Gasteiger charge is 2.45. The van der Waals surface area contributed by atoms with Crippen molar-refractivity contribution in [3.63, 3.8) is 0 Å². The first-order valence-corrected chi connectivity index (χ1v) is 15.3. The Morgan fingerprint density at radius 3 is 2.32 bits per heavy atom. The smallest absolute Gasteiger partial charge is 0.335 e. The van der Waals surface area contributed by atoms with Gasteiger partial charge in [0, 0.05) is 62.6 Å². The van der Waals surface area contributed by atoms with E-state index < -0.39 is 5.97 Å². The van der Waals surface area contributed by atoms with Gasteiger partial charge in [-0.1, -0.05) is 48.2 Å². The number of aromatic carboxylic acids is 1. The molecule has 1 unspecified atom stereocenters. The Hall–Kier alpha value is -3.40. The number of amides is 2. The molecule has 3 aromatic rings. The molecule has 8 nitrogen and oxygen atoms in total. The van der Waals surface area contributed by atoms with Crippen LogP contribution in [0, 0.1) is 0 Å². The molecule has 0 saturated carbocycles. The highest BCUT2D eigenvalue weighted by Crippen LogP contribution is 2.37. The number of carboxylic acids is 1. The summed E-state index contributed by atoms with van der Waals surface area (Å²) in [5.41, 5.74) is 2.67. The Bertz CT molecular complexity index is 1320. The summed E-state index contributed by atoms with van der Waals surface area (Å²) in [5.74, 6) is -0.923. The van der Waals surface area contributed by atoms with E-state index >= 15 is 0 Å². The Kier molecular flexibility index (Phi) is 8.55. The molecule has 9 heteroatoms. The lowest BCUT2D eigenvalue weighted by Crippen LogP contribution is -2.48. The molecule has 1 atom stereocenters.